The molecule has 3 rings (SSSR count). The van der Waals surface area contributed by atoms with Crippen LogP contribution in [0.1, 0.15) is 18.5 Å². The number of nitrogens with two attached hydrogens (primary N) is 1. The zero-order valence-electron chi connectivity index (χ0n) is 10.9. The van der Waals surface area contributed by atoms with E-state index in [1.54, 1.807) is 0 Å². The Hall–Kier alpha value is -1.32. The van der Waals surface area contributed by atoms with Gasteiger partial charge >= 0.3 is 0 Å². The second kappa shape index (κ2) is 4.41. The van der Waals surface area contributed by atoms with Crippen molar-refractivity contribution >= 4 is 10.9 Å². The Morgan fingerprint density at radius 3 is 2.67 bits per heavy atom. The standard InChI is InChI=1S/C15H20N2O/c1-17-13-5-3-2-4-12(13)10-14(17)15(11-16)6-8-18-9-7-15/h2-5,10H,6-9,11,16H2,1H3. The summed E-state index contributed by atoms with van der Waals surface area (Å²) in [7, 11) is 2.14. The summed E-state index contributed by atoms with van der Waals surface area (Å²) in [5.74, 6) is 0. The van der Waals surface area contributed by atoms with Crippen molar-refractivity contribution in [3.8, 4) is 0 Å². The summed E-state index contributed by atoms with van der Waals surface area (Å²) in [5.41, 5.74) is 8.82. The summed E-state index contributed by atoms with van der Waals surface area (Å²) < 4.78 is 7.80. The van der Waals surface area contributed by atoms with Gasteiger partial charge in [-0.25, -0.2) is 0 Å². The number of aryl methyl sites for hydroxylation is 1. The minimum atomic E-state index is 0.0893. The lowest BCUT2D eigenvalue weighted by Gasteiger charge is -2.36. The maximum Gasteiger partial charge on any atom is 0.0480 e. The monoisotopic (exact) mass is 244 g/mol. The number of ether oxygens (including phenoxy) is 1. The Morgan fingerprint density at radius 1 is 1.28 bits per heavy atom. The number of hydrogen-bond acceptors (Lipinski definition) is 2. The molecular weight excluding hydrogens is 224 g/mol. The van der Waals surface area contributed by atoms with E-state index in [4.69, 9.17) is 10.5 Å². The van der Waals surface area contributed by atoms with Crippen molar-refractivity contribution in [3.63, 3.8) is 0 Å². The molecule has 96 valence electrons. The lowest BCUT2D eigenvalue weighted by molar-refractivity contribution is 0.0507. The lowest BCUT2D eigenvalue weighted by Crippen LogP contribution is -2.41. The molecule has 0 saturated carbocycles. The topological polar surface area (TPSA) is 40.2 Å². The molecule has 0 radical (unpaired) electrons. The molecule has 0 aliphatic carbocycles. The fourth-order valence-corrected chi connectivity index (χ4v) is 3.12. The van der Waals surface area contributed by atoms with E-state index < -0.39 is 0 Å². The van der Waals surface area contributed by atoms with Crippen LogP contribution in [0.3, 0.4) is 0 Å². The van der Waals surface area contributed by atoms with Crippen LogP contribution in [0.15, 0.2) is 30.3 Å². The molecule has 0 spiro atoms. The molecule has 1 saturated heterocycles. The largest absolute Gasteiger partial charge is 0.381 e. The van der Waals surface area contributed by atoms with E-state index in [1.165, 1.54) is 16.6 Å². The highest BCUT2D eigenvalue weighted by Crippen LogP contribution is 2.36. The zero-order valence-corrected chi connectivity index (χ0v) is 10.9. The van der Waals surface area contributed by atoms with Crippen molar-refractivity contribution in [2.75, 3.05) is 19.8 Å². The first-order valence-corrected chi connectivity index (χ1v) is 6.60. The number of hydrogen-bond donors (Lipinski definition) is 1. The maximum absolute atomic E-state index is 6.09. The molecule has 2 N–H and O–H groups in total. The molecule has 0 amide bonds. The van der Waals surface area contributed by atoms with Crippen LogP contribution in [0.4, 0.5) is 0 Å². The van der Waals surface area contributed by atoms with Gasteiger partial charge in [0, 0.05) is 43.4 Å². The van der Waals surface area contributed by atoms with Crippen LogP contribution in [0.2, 0.25) is 0 Å². The first kappa shape index (κ1) is 11.8. The molecule has 2 heterocycles. The SMILES string of the molecule is Cn1c(C2(CN)CCOCC2)cc2ccccc21. The first-order valence-electron chi connectivity index (χ1n) is 6.60. The summed E-state index contributed by atoms with van der Waals surface area (Å²) in [4.78, 5) is 0. The summed E-state index contributed by atoms with van der Waals surface area (Å²) in [5, 5.41) is 1.30. The van der Waals surface area contributed by atoms with Gasteiger partial charge in [-0.05, 0) is 30.4 Å². The quantitative estimate of drug-likeness (QED) is 0.879. The van der Waals surface area contributed by atoms with E-state index in [0.29, 0.717) is 6.54 Å². The summed E-state index contributed by atoms with van der Waals surface area (Å²) in [6.07, 6.45) is 2.04. The number of para-hydroxylation sites is 1. The number of nitrogens with zero attached hydrogens (tertiary/aromatic N) is 1. The molecule has 0 unspecified atom stereocenters. The first-order chi connectivity index (χ1) is 8.77. The zero-order chi connectivity index (χ0) is 12.6. The van der Waals surface area contributed by atoms with Gasteiger partial charge in [-0.3, -0.25) is 0 Å². The van der Waals surface area contributed by atoms with Gasteiger partial charge in [0.05, 0.1) is 0 Å². The number of benzene rings is 1. The van der Waals surface area contributed by atoms with E-state index in [2.05, 4.69) is 41.9 Å². The fraction of sp³-hybridized carbons (Fsp3) is 0.467. The molecule has 18 heavy (non-hydrogen) atoms. The van der Waals surface area contributed by atoms with Gasteiger partial charge in [0.25, 0.3) is 0 Å². The van der Waals surface area contributed by atoms with E-state index in [1.807, 2.05) is 0 Å². The molecule has 1 aliphatic rings. The van der Waals surface area contributed by atoms with Crippen molar-refractivity contribution in [3.05, 3.63) is 36.0 Å². The fourth-order valence-electron chi connectivity index (χ4n) is 3.12. The minimum absolute atomic E-state index is 0.0893. The van der Waals surface area contributed by atoms with Gasteiger partial charge < -0.3 is 15.0 Å². The Kier molecular flexibility index (Phi) is 2.88. The minimum Gasteiger partial charge on any atom is -0.381 e. The van der Waals surface area contributed by atoms with E-state index in [0.717, 1.165) is 26.1 Å². The molecule has 1 aromatic carbocycles. The maximum atomic E-state index is 6.09. The van der Waals surface area contributed by atoms with Gasteiger partial charge in [-0.2, -0.15) is 0 Å². The van der Waals surface area contributed by atoms with Crippen molar-refractivity contribution in [1.29, 1.82) is 0 Å². The van der Waals surface area contributed by atoms with Crippen LogP contribution in [0.25, 0.3) is 10.9 Å². The summed E-state index contributed by atoms with van der Waals surface area (Å²) in [6.45, 7) is 2.33. The third kappa shape index (κ3) is 1.66. The van der Waals surface area contributed by atoms with Crippen molar-refractivity contribution < 1.29 is 4.74 Å². The highest BCUT2D eigenvalue weighted by molar-refractivity contribution is 5.81. The van der Waals surface area contributed by atoms with Gasteiger partial charge in [0.15, 0.2) is 0 Å². The second-order valence-corrected chi connectivity index (χ2v) is 5.24. The summed E-state index contributed by atoms with van der Waals surface area (Å²) >= 11 is 0. The smallest absolute Gasteiger partial charge is 0.0480 e. The van der Waals surface area contributed by atoms with Crippen molar-refractivity contribution in [1.82, 2.24) is 4.57 Å². The highest BCUT2D eigenvalue weighted by Gasteiger charge is 2.35. The van der Waals surface area contributed by atoms with Gasteiger partial charge in [0.1, 0.15) is 0 Å². The average molecular weight is 244 g/mol. The van der Waals surface area contributed by atoms with Crippen LogP contribution in [-0.4, -0.2) is 24.3 Å². The molecule has 3 nitrogen and oxygen atoms in total. The normalized spacial score (nSPS) is 19.2. The van der Waals surface area contributed by atoms with Crippen LogP contribution >= 0.6 is 0 Å². The third-order valence-corrected chi connectivity index (χ3v) is 4.34. The molecule has 1 aromatic heterocycles. The predicted octanol–water partition coefficient (Wildman–Crippen LogP) is 2.19. The van der Waals surface area contributed by atoms with Crippen LogP contribution in [0.5, 0.6) is 0 Å². The molecule has 0 bridgehead atoms. The number of aromatic nitrogens is 1. The van der Waals surface area contributed by atoms with Crippen molar-refractivity contribution in [2.24, 2.45) is 12.8 Å². The third-order valence-electron chi connectivity index (χ3n) is 4.34. The Morgan fingerprint density at radius 2 is 2.00 bits per heavy atom. The van der Waals surface area contributed by atoms with Crippen LogP contribution in [0, 0.1) is 0 Å². The Bertz CT molecular complexity index is 553. The molecule has 2 aromatic rings. The van der Waals surface area contributed by atoms with Gasteiger partial charge in [-0.15, -0.1) is 0 Å². The Balaban J connectivity index is 2.14. The molecule has 1 fully saturated rings. The summed E-state index contributed by atoms with van der Waals surface area (Å²) in [6, 6.07) is 10.8. The average Bonchev–Trinajstić information content (AvgIpc) is 2.78. The number of rotatable bonds is 2. The molecular formula is C15H20N2O. The van der Waals surface area contributed by atoms with Crippen LogP contribution < -0.4 is 5.73 Å². The van der Waals surface area contributed by atoms with Gasteiger partial charge in [-0.1, -0.05) is 18.2 Å². The van der Waals surface area contributed by atoms with Crippen molar-refractivity contribution in [2.45, 2.75) is 18.3 Å². The number of fused-ring (bicyclic) bond motifs is 1. The Labute approximate surface area is 108 Å². The van der Waals surface area contributed by atoms with E-state index >= 15 is 0 Å². The highest BCUT2D eigenvalue weighted by atomic mass is 16.5. The van der Waals surface area contributed by atoms with E-state index in [-0.39, 0.29) is 5.41 Å². The lowest BCUT2D eigenvalue weighted by atomic mass is 9.77. The second-order valence-electron chi connectivity index (χ2n) is 5.24. The van der Waals surface area contributed by atoms with Crippen LogP contribution in [-0.2, 0) is 17.2 Å². The molecule has 0 atom stereocenters. The molecule has 3 heteroatoms. The molecule has 1 aliphatic heterocycles. The van der Waals surface area contributed by atoms with Gasteiger partial charge in [0.2, 0.25) is 0 Å². The predicted molar refractivity (Wildman–Crippen MR) is 73.7 cm³/mol. The van der Waals surface area contributed by atoms with E-state index in [9.17, 15) is 0 Å².